The fourth-order valence-electron chi connectivity index (χ4n) is 1.55. The van der Waals surface area contributed by atoms with Crippen LogP contribution >= 0.6 is 12.4 Å². The van der Waals surface area contributed by atoms with Crippen LogP contribution in [0.3, 0.4) is 0 Å². The lowest BCUT2D eigenvalue weighted by atomic mass is 9.99. The van der Waals surface area contributed by atoms with Gasteiger partial charge in [0.05, 0.1) is 4.92 Å². The minimum atomic E-state index is -0.383. The van der Waals surface area contributed by atoms with Crippen LogP contribution in [0.4, 0.5) is 5.69 Å². The molecule has 4 nitrogen and oxygen atoms in total. The lowest BCUT2D eigenvalue weighted by Crippen LogP contribution is -2.11. The Balaban J connectivity index is 0.00000256. The molecule has 1 atom stereocenters. The van der Waals surface area contributed by atoms with Crippen molar-refractivity contribution in [3.8, 4) is 0 Å². The highest BCUT2D eigenvalue weighted by Crippen LogP contribution is 2.24. The van der Waals surface area contributed by atoms with Crippen LogP contribution in [-0.2, 0) is 0 Å². The molecule has 0 saturated carbocycles. The van der Waals surface area contributed by atoms with Crippen molar-refractivity contribution in [2.45, 2.75) is 26.3 Å². The van der Waals surface area contributed by atoms with Crippen molar-refractivity contribution in [3.63, 3.8) is 0 Å². The van der Waals surface area contributed by atoms with E-state index in [0.717, 1.165) is 11.1 Å². The number of halogens is 1. The van der Waals surface area contributed by atoms with Crippen LogP contribution < -0.4 is 5.73 Å². The number of nitrogens with zero attached hydrogens (tertiary/aromatic N) is 1. The number of hydrogen-bond acceptors (Lipinski definition) is 3. The number of nitro groups is 1. The highest BCUT2D eigenvalue weighted by molar-refractivity contribution is 5.85. The van der Waals surface area contributed by atoms with Crippen molar-refractivity contribution >= 4 is 18.1 Å². The van der Waals surface area contributed by atoms with Crippen molar-refractivity contribution in [3.05, 3.63) is 51.6 Å². The molecule has 0 unspecified atom stereocenters. The SMILES string of the molecule is C=C(C)C[C@H](N)c1ccc(C)c([N+](=O)[O-])c1.Cl. The molecule has 17 heavy (non-hydrogen) atoms. The number of hydrogen-bond donors (Lipinski definition) is 1. The van der Waals surface area contributed by atoms with E-state index in [4.69, 9.17) is 5.73 Å². The molecule has 0 heterocycles. The van der Waals surface area contributed by atoms with Gasteiger partial charge >= 0.3 is 0 Å². The number of rotatable bonds is 4. The van der Waals surface area contributed by atoms with Crippen molar-refractivity contribution in [1.29, 1.82) is 0 Å². The molecule has 0 aliphatic carbocycles. The molecule has 0 amide bonds. The van der Waals surface area contributed by atoms with Crippen molar-refractivity contribution in [1.82, 2.24) is 0 Å². The Kier molecular flexibility index (Phi) is 5.85. The second-order valence-electron chi connectivity index (χ2n) is 4.07. The average molecular weight is 257 g/mol. The Bertz CT molecular complexity index is 433. The third-order valence-corrected chi connectivity index (χ3v) is 2.43. The zero-order valence-corrected chi connectivity index (χ0v) is 10.8. The molecule has 0 fully saturated rings. The standard InChI is InChI=1S/C12H16N2O2.ClH/c1-8(2)6-11(13)10-5-4-9(3)12(7-10)14(15)16;/h4-5,7,11H,1,6,13H2,2-3H3;1H/t11-;/m0./s1. The first-order valence-electron chi connectivity index (χ1n) is 5.06. The van der Waals surface area contributed by atoms with Crippen LogP contribution in [0.2, 0.25) is 0 Å². The number of nitrogens with two attached hydrogens (primary N) is 1. The molecular weight excluding hydrogens is 240 g/mol. The zero-order chi connectivity index (χ0) is 12.3. The molecular formula is C12H17ClN2O2. The van der Waals surface area contributed by atoms with E-state index in [2.05, 4.69) is 6.58 Å². The number of nitro benzene ring substituents is 1. The first kappa shape index (κ1) is 15.6. The van der Waals surface area contributed by atoms with Crippen molar-refractivity contribution < 1.29 is 4.92 Å². The van der Waals surface area contributed by atoms with E-state index in [1.54, 1.807) is 19.1 Å². The van der Waals surface area contributed by atoms with Gasteiger partial charge in [0, 0.05) is 17.7 Å². The molecule has 0 aliphatic rings. The van der Waals surface area contributed by atoms with E-state index in [1.807, 2.05) is 13.0 Å². The van der Waals surface area contributed by atoms with Gasteiger partial charge in [0.1, 0.15) is 0 Å². The van der Waals surface area contributed by atoms with Crippen LogP contribution in [0.1, 0.15) is 30.5 Å². The average Bonchev–Trinajstić information content (AvgIpc) is 2.16. The van der Waals surface area contributed by atoms with E-state index < -0.39 is 0 Å². The maximum Gasteiger partial charge on any atom is 0.272 e. The van der Waals surface area contributed by atoms with Crippen LogP contribution in [-0.4, -0.2) is 4.92 Å². The molecule has 5 heteroatoms. The van der Waals surface area contributed by atoms with Crippen LogP contribution in [0.25, 0.3) is 0 Å². The Morgan fingerprint density at radius 2 is 2.18 bits per heavy atom. The first-order chi connectivity index (χ1) is 7.41. The lowest BCUT2D eigenvalue weighted by Gasteiger charge is -2.12. The molecule has 1 rings (SSSR count). The van der Waals surface area contributed by atoms with Gasteiger partial charge in [-0.15, -0.1) is 19.0 Å². The molecule has 0 radical (unpaired) electrons. The number of benzene rings is 1. The Hall–Kier alpha value is -1.39. The lowest BCUT2D eigenvalue weighted by molar-refractivity contribution is -0.385. The van der Waals surface area contributed by atoms with E-state index in [-0.39, 0.29) is 29.1 Å². The summed E-state index contributed by atoms with van der Waals surface area (Å²) in [6.45, 7) is 7.39. The number of aryl methyl sites for hydroxylation is 1. The van der Waals surface area contributed by atoms with Gasteiger partial charge in [-0.25, -0.2) is 0 Å². The van der Waals surface area contributed by atoms with Gasteiger partial charge in [0.2, 0.25) is 0 Å². The van der Waals surface area contributed by atoms with Gasteiger partial charge in [0.25, 0.3) is 5.69 Å². The smallest absolute Gasteiger partial charge is 0.272 e. The fourth-order valence-corrected chi connectivity index (χ4v) is 1.55. The van der Waals surface area contributed by atoms with E-state index in [9.17, 15) is 10.1 Å². The Morgan fingerprint density at radius 1 is 1.59 bits per heavy atom. The Labute approximate surface area is 107 Å². The van der Waals surface area contributed by atoms with Gasteiger partial charge in [-0.1, -0.05) is 17.7 Å². The van der Waals surface area contributed by atoms with Crippen molar-refractivity contribution in [2.75, 3.05) is 0 Å². The maximum atomic E-state index is 10.8. The topological polar surface area (TPSA) is 69.2 Å². The normalized spacial score (nSPS) is 11.5. The maximum absolute atomic E-state index is 10.8. The highest BCUT2D eigenvalue weighted by Gasteiger charge is 2.14. The zero-order valence-electron chi connectivity index (χ0n) is 9.97. The van der Waals surface area contributed by atoms with E-state index in [0.29, 0.717) is 12.0 Å². The molecule has 0 spiro atoms. The second kappa shape index (κ2) is 6.37. The molecule has 0 aliphatic heterocycles. The second-order valence-corrected chi connectivity index (χ2v) is 4.07. The summed E-state index contributed by atoms with van der Waals surface area (Å²) in [7, 11) is 0. The molecule has 2 N–H and O–H groups in total. The summed E-state index contributed by atoms with van der Waals surface area (Å²) in [6.07, 6.45) is 0.639. The van der Waals surface area contributed by atoms with E-state index >= 15 is 0 Å². The molecule has 0 aromatic heterocycles. The van der Waals surface area contributed by atoms with Crippen LogP contribution in [0, 0.1) is 17.0 Å². The van der Waals surface area contributed by atoms with Gasteiger partial charge in [-0.3, -0.25) is 10.1 Å². The summed E-state index contributed by atoms with van der Waals surface area (Å²) in [4.78, 5) is 10.4. The third kappa shape index (κ3) is 4.17. The summed E-state index contributed by atoms with van der Waals surface area (Å²) >= 11 is 0. The quantitative estimate of drug-likeness (QED) is 0.511. The highest BCUT2D eigenvalue weighted by atomic mass is 35.5. The molecule has 1 aromatic carbocycles. The van der Waals surface area contributed by atoms with Crippen molar-refractivity contribution in [2.24, 2.45) is 5.73 Å². The first-order valence-corrected chi connectivity index (χ1v) is 5.06. The Morgan fingerprint density at radius 3 is 2.65 bits per heavy atom. The summed E-state index contributed by atoms with van der Waals surface area (Å²) in [5.74, 6) is 0. The predicted octanol–water partition coefficient (Wildman–Crippen LogP) is 3.29. The summed E-state index contributed by atoms with van der Waals surface area (Å²) in [5, 5.41) is 10.8. The minimum Gasteiger partial charge on any atom is -0.324 e. The molecule has 0 bridgehead atoms. The van der Waals surface area contributed by atoms with E-state index in [1.165, 1.54) is 0 Å². The fraction of sp³-hybridized carbons (Fsp3) is 0.333. The summed E-state index contributed by atoms with van der Waals surface area (Å²) in [6, 6.07) is 4.88. The third-order valence-electron chi connectivity index (χ3n) is 2.43. The molecule has 0 saturated heterocycles. The van der Waals surface area contributed by atoms with Gasteiger partial charge in [-0.05, 0) is 25.8 Å². The van der Waals surface area contributed by atoms with Gasteiger partial charge in [-0.2, -0.15) is 0 Å². The molecule has 94 valence electrons. The predicted molar refractivity (Wildman–Crippen MR) is 71.4 cm³/mol. The van der Waals surface area contributed by atoms with Crippen LogP contribution in [0.15, 0.2) is 30.4 Å². The molecule has 1 aromatic rings. The van der Waals surface area contributed by atoms with Gasteiger partial charge in [0.15, 0.2) is 0 Å². The van der Waals surface area contributed by atoms with Gasteiger partial charge < -0.3 is 5.73 Å². The largest absolute Gasteiger partial charge is 0.324 e. The summed E-state index contributed by atoms with van der Waals surface area (Å²) < 4.78 is 0. The minimum absolute atomic E-state index is 0. The monoisotopic (exact) mass is 256 g/mol. The summed E-state index contributed by atoms with van der Waals surface area (Å²) in [5.41, 5.74) is 8.45. The van der Waals surface area contributed by atoms with Crippen LogP contribution in [0.5, 0.6) is 0 Å².